The van der Waals surface area contributed by atoms with Crippen LogP contribution in [0.2, 0.25) is 0 Å². The molecule has 154 valence electrons. The number of hydrogen-bond donors (Lipinski definition) is 0. The number of thiophene rings is 1. The summed E-state index contributed by atoms with van der Waals surface area (Å²) in [4.78, 5) is 46.6. The molecule has 0 spiro atoms. The van der Waals surface area contributed by atoms with Crippen LogP contribution >= 0.6 is 11.3 Å². The van der Waals surface area contributed by atoms with Gasteiger partial charge in [0.15, 0.2) is 11.9 Å². The number of ketones is 1. The van der Waals surface area contributed by atoms with Gasteiger partial charge in [0, 0.05) is 17.5 Å². The van der Waals surface area contributed by atoms with E-state index in [1.807, 2.05) is 0 Å². The zero-order valence-corrected chi connectivity index (χ0v) is 17.8. The Labute approximate surface area is 176 Å². The molecule has 5 rings (SSSR count). The lowest BCUT2D eigenvalue weighted by Gasteiger charge is -2.30. The first-order chi connectivity index (χ1) is 14.4. The van der Waals surface area contributed by atoms with Crippen molar-refractivity contribution in [3.8, 4) is 5.75 Å². The number of anilines is 1. The topological polar surface area (TPSA) is 81.5 Å². The minimum Gasteiger partial charge on any atom is -0.479 e. The Hall–Kier alpha value is -3.00. The first-order valence-corrected chi connectivity index (χ1v) is 10.8. The number of Topliss-reactive ketones (excluding diaryl/α,β-unsaturated/α-hetero) is 1. The monoisotopic (exact) mass is 423 g/mol. The van der Waals surface area contributed by atoms with Crippen molar-refractivity contribution in [2.24, 2.45) is 0 Å². The van der Waals surface area contributed by atoms with Crippen molar-refractivity contribution >= 4 is 38.9 Å². The third kappa shape index (κ3) is 2.70. The van der Waals surface area contributed by atoms with Gasteiger partial charge in [0.25, 0.3) is 11.5 Å². The summed E-state index contributed by atoms with van der Waals surface area (Å²) in [6, 6.07) is 4.31. The van der Waals surface area contributed by atoms with Gasteiger partial charge in [0.05, 0.1) is 23.4 Å². The molecule has 1 aliphatic heterocycles. The Bertz CT molecular complexity index is 1280. The highest BCUT2D eigenvalue weighted by molar-refractivity contribution is 7.18. The maximum Gasteiger partial charge on any atom is 0.267 e. The van der Waals surface area contributed by atoms with Crippen molar-refractivity contribution in [2.45, 2.75) is 45.3 Å². The van der Waals surface area contributed by atoms with Crippen LogP contribution in [0.15, 0.2) is 29.3 Å². The molecule has 2 aromatic heterocycles. The van der Waals surface area contributed by atoms with Crippen LogP contribution < -0.4 is 15.2 Å². The van der Waals surface area contributed by atoms with Gasteiger partial charge < -0.3 is 9.64 Å². The van der Waals surface area contributed by atoms with Crippen LogP contribution in [-0.2, 0) is 17.6 Å². The zero-order chi connectivity index (χ0) is 21.2. The van der Waals surface area contributed by atoms with E-state index >= 15 is 0 Å². The third-order valence-corrected chi connectivity index (χ3v) is 7.23. The molecule has 0 radical (unpaired) electrons. The number of carbonyl (C=O) groups is 2. The number of aromatic nitrogens is 2. The molecule has 1 amide bonds. The van der Waals surface area contributed by atoms with Crippen molar-refractivity contribution in [2.75, 3.05) is 11.9 Å². The molecule has 1 aromatic carbocycles. The Morgan fingerprint density at radius 3 is 2.90 bits per heavy atom. The molecule has 3 aromatic rings. The number of nitrogens with zero attached hydrogens (tertiary/aromatic N) is 3. The van der Waals surface area contributed by atoms with Crippen molar-refractivity contribution < 1.29 is 14.3 Å². The van der Waals surface area contributed by atoms with Crippen LogP contribution in [0.3, 0.4) is 0 Å². The zero-order valence-electron chi connectivity index (χ0n) is 17.0. The Morgan fingerprint density at radius 2 is 2.10 bits per heavy atom. The van der Waals surface area contributed by atoms with Crippen LogP contribution in [0.4, 0.5) is 5.69 Å². The number of hydrogen-bond acceptors (Lipinski definition) is 6. The summed E-state index contributed by atoms with van der Waals surface area (Å²) in [5, 5.41) is 0.660. The van der Waals surface area contributed by atoms with E-state index in [1.54, 1.807) is 50.4 Å². The average molecular weight is 423 g/mol. The molecular weight excluding hydrogens is 402 g/mol. The molecule has 0 N–H and O–H groups in total. The number of amides is 1. The SMILES string of the molecule is CC1Oc2ccc(C(=O)C(C)n3cnc4sc5c(c4c3=O)CCC5)cc2N(C)C1=O. The molecule has 7 nitrogen and oxygen atoms in total. The number of carbonyl (C=O) groups excluding carboxylic acids is 2. The van der Waals surface area contributed by atoms with Crippen molar-refractivity contribution in [1.82, 2.24) is 9.55 Å². The fourth-order valence-electron chi connectivity index (χ4n) is 4.31. The van der Waals surface area contributed by atoms with E-state index in [2.05, 4.69) is 4.98 Å². The molecule has 0 bridgehead atoms. The van der Waals surface area contributed by atoms with Gasteiger partial charge in [-0.3, -0.25) is 19.0 Å². The molecule has 2 unspecified atom stereocenters. The third-order valence-electron chi connectivity index (χ3n) is 6.03. The first kappa shape index (κ1) is 19.0. The summed E-state index contributed by atoms with van der Waals surface area (Å²) in [6.45, 7) is 3.40. The maximum atomic E-state index is 13.2. The Balaban J connectivity index is 1.53. The van der Waals surface area contributed by atoms with Gasteiger partial charge in [0.2, 0.25) is 0 Å². The van der Waals surface area contributed by atoms with E-state index in [9.17, 15) is 14.4 Å². The molecule has 2 atom stereocenters. The summed E-state index contributed by atoms with van der Waals surface area (Å²) >= 11 is 1.58. The number of likely N-dealkylation sites (N-methyl/N-ethyl adjacent to an activating group) is 1. The molecule has 8 heteroatoms. The summed E-state index contributed by atoms with van der Waals surface area (Å²) in [5.41, 5.74) is 1.90. The lowest BCUT2D eigenvalue weighted by molar-refractivity contribution is -0.125. The largest absolute Gasteiger partial charge is 0.479 e. The molecular formula is C22H21N3O4S. The highest BCUT2D eigenvalue weighted by Gasteiger charge is 2.30. The van der Waals surface area contributed by atoms with Gasteiger partial charge in [-0.1, -0.05) is 0 Å². The molecule has 3 heterocycles. The van der Waals surface area contributed by atoms with Gasteiger partial charge in [-0.2, -0.15) is 0 Å². The highest BCUT2D eigenvalue weighted by atomic mass is 32.1. The Morgan fingerprint density at radius 1 is 1.30 bits per heavy atom. The predicted molar refractivity (Wildman–Crippen MR) is 115 cm³/mol. The predicted octanol–water partition coefficient (Wildman–Crippen LogP) is 3.13. The molecule has 1 aliphatic carbocycles. The van der Waals surface area contributed by atoms with Gasteiger partial charge in [-0.15, -0.1) is 11.3 Å². The van der Waals surface area contributed by atoms with E-state index in [0.717, 1.165) is 29.7 Å². The number of benzene rings is 1. The summed E-state index contributed by atoms with van der Waals surface area (Å²) < 4.78 is 7.05. The molecule has 0 saturated carbocycles. The lowest BCUT2D eigenvalue weighted by atomic mass is 10.0. The molecule has 0 fully saturated rings. The van der Waals surface area contributed by atoms with Gasteiger partial charge >= 0.3 is 0 Å². The fourth-order valence-corrected chi connectivity index (χ4v) is 5.53. The van der Waals surface area contributed by atoms with Crippen molar-refractivity contribution in [1.29, 1.82) is 0 Å². The van der Waals surface area contributed by atoms with E-state index in [1.165, 1.54) is 20.7 Å². The second-order valence-corrected chi connectivity index (χ2v) is 8.96. The molecule has 2 aliphatic rings. The smallest absolute Gasteiger partial charge is 0.267 e. The lowest BCUT2D eigenvalue weighted by Crippen LogP contribution is -2.42. The maximum absolute atomic E-state index is 13.2. The molecule has 30 heavy (non-hydrogen) atoms. The fraction of sp³-hybridized carbons (Fsp3) is 0.364. The van der Waals surface area contributed by atoms with Crippen LogP contribution in [-0.4, -0.2) is 34.4 Å². The van der Waals surface area contributed by atoms with Gasteiger partial charge in [-0.25, -0.2) is 4.98 Å². The van der Waals surface area contributed by atoms with Gasteiger partial charge in [0.1, 0.15) is 10.6 Å². The summed E-state index contributed by atoms with van der Waals surface area (Å²) in [7, 11) is 1.66. The van der Waals surface area contributed by atoms with Crippen LogP contribution in [0, 0.1) is 0 Å². The second kappa shape index (κ2) is 6.77. The normalized spacial score (nSPS) is 18.8. The molecule has 0 saturated heterocycles. The minimum atomic E-state index is -0.714. The standard InChI is InChI=1S/C22H21N3O4S/c1-11(25-10-23-20-18(22(25)28)14-5-4-6-17(14)30-20)19(26)13-7-8-16-15(9-13)24(3)21(27)12(2)29-16/h7-12H,4-6H2,1-3H3. The van der Waals surface area contributed by atoms with Crippen LogP contribution in [0.25, 0.3) is 10.2 Å². The van der Waals surface area contributed by atoms with Crippen molar-refractivity contribution in [3.63, 3.8) is 0 Å². The van der Waals surface area contributed by atoms with E-state index in [-0.39, 0.29) is 17.2 Å². The minimum absolute atomic E-state index is 0.164. The van der Waals surface area contributed by atoms with E-state index in [4.69, 9.17) is 4.74 Å². The van der Waals surface area contributed by atoms with E-state index < -0.39 is 12.1 Å². The first-order valence-electron chi connectivity index (χ1n) is 10.0. The van der Waals surface area contributed by atoms with Crippen LogP contribution in [0.1, 0.15) is 47.1 Å². The second-order valence-electron chi connectivity index (χ2n) is 7.87. The number of ether oxygens (including phenoxy) is 1. The van der Waals surface area contributed by atoms with E-state index in [0.29, 0.717) is 22.4 Å². The van der Waals surface area contributed by atoms with Crippen molar-refractivity contribution in [3.05, 3.63) is 50.9 Å². The van der Waals surface area contributed by atoms with Gasteiger partial charge in [-0.05, 0) is 56.9 Å². The highest BCUT2D eigenvalue weighted by Crippen LogP contribution is 2.36. The summed E-state index contributed by atoms with van der Waals surface area (Å²) in [6.07, 6.45) is 3.85. The average Bonchev–Trinajstić information content (AvgIpc) is 3.32. The number of fused-ring (bicyclic) bond motifs is 4. The summed E-state index contributed by atoms with van der Waals surface area (Å²) in [5.74, 6) is 0.174. The number of rotatable bonds is 3. The number of aryl methyl sites for hydroxylation is 2. The Kier molecular flexibility index (Phi) is 4.28. The quantitative estimate of drug-likeness (QED) is 0.605. The van der Waals surface area contributed by atoms with Crippen LogP contribution in [0.5, 0.6) is 5.75 Å².